The maximum absolute atomic E-state index is 12.8. The summed E-state index contributed by atoms with van der Waals surface area (Å²) in [5.41, 5.74) is 2.58. The first-order valence-corrected chi connectivity index (χ1v) is 10.6. The van der Waals surface area contributed by atoms with Crippen LogP contribution in [0.5, 0.6) is 11.5 Å². The number of carbonyl (C=O) groups excluding carboxylic acids is 1. The Morgan fingerprint density at radius 2 is 1.71 bits per heavy atom. The van der Waals surface area contributed by atoms with Crippen LogP contribution in [0.25, 0.3) is 11.1 Å². The summed E-state index contributed by atoms with van der Waals surface area (Å²) in [6.45, 7) is 0.826. The molecule has 3 aromatic rings. The molecule has 0 spiro atoms. The van der Waals surface area contributed by atoms with Crippen molar-refractivity contribution in [2.45, 2.75) is 24.9 Å². The molecular formula is C26H23N3O2. The van der Waals surface area contributed by atoms with E-state index >= 15 is 0 Å². The van der Waals surface area contributed by atoms with E-state index in [0.717, 1.165) is 42.0 Å². The van der Waals surface area contributed by atoms with Crippen LogP contribution in [-0.4, -0.2) is 29.4 Å². The van der Waals surface area contributed by atoms with Crippen molar-refractivity contribution in [1.82, 2.24) is 10.2 Å². The molecule has 5 nitrogen and oxygen atoms in total. The van der Waals surface area contributed by atoms with Gasteiger partial charge in [0.2, 0.25) is 0 Å². The van der Waals surface area contributed by atoms with Crippen molar-refractivity contribution in [3.05, 3.63) is 84.4 Å². The highest BCUT2D eigenvalue weighted by atomic mass is 16.5. The number of rotatable bonds is 5. The van der Waals surface area contributed by atoms with Crippen molar-refractivity contribution in [2.75, 3.05) is 6.54 Å². The van der Waals surface area contributed by atoms with Gasteiger partial charge in [-0.05, 0) is 54.7 Å². The monoisotopic (exact) mass is 409 g/mol. The average Bonchev–Trinajstić information content (AvgIpc) is 3.40. The molecule has 1 amide bonds. The second kappa shape index (κ2) is 8.16. The normalized spacial score (nSPS) is 21.5. The third kappa shape index (κ3) is 3.85. The summed E-state index contributed by atoms with van der Waals surface area (Å²) in [4.78, 5) is 14.6. The number of amides is 1. The predicted molar refractivity (Wildman–Crippen MR) is 118 cm³/mol. The molecular weight excluding hydrogens is 386 g/mol. The molecule has 154 valence electrons. The van der Waals surface area contributed by atoms with Crippen LogP contribution >= 0.6 is 0 Å². The number of piperidine rings is 1. The van der Waals surface area contributed by atoms with E-state index in [1.165, 1.54) is 0 Å². The summed E-state index contributed by atoms with van der Waals surface area (Å²) in [6.07, 6.45) is 4.21. The van der Waals surface area contributed by atoms with Gasteiger partial charge in [-0.1, -0.05) is 48.5 Å². The number of fused-ring (bicyclic) bond motifs is 2. The third-order valence-electron chi connectivity index (χ3n) is 6.24. The third-order valence-corrected chi connectivity index (χ3v) is 6.24. The first-order valence-electron chi connectivity index (χ1n) is 10.6. The lowest BCUT2D eigenvalue weighted by atomic mass is 10.0. The number of nitrogens with one attached hydrogen (secondary N) is 1. The van der Waals surface area contributed by atoms with Crippen molar-refractivity contribution in [1.29, 1.82) is 5.26 Å². The number of nitrogens with zero attached hydrogens (tertiary/aromatic N) is 2. The molecule has 31 heavy (non-hydrogen) atoms. The smallest absolute Gasteiger partial charge is 0.251 e. The zero-order chi connectivity index (χ0) is 21.2. The molecule has 1 saturated heterocycles. The highest BCUT2D eigenvalue weighted by Crippen LogP contribution is 2.37. The highest BCUT2D eigenvalue weighted by molar-refractivity contribution is 5.95. The van der Waals surface area contributed by atoms with Gasteiger partial charge in [-0.2, -0.15) is 5.26 Å². The Balaban J connectivity index is 1.31. The number of hydrogen-bond donors (Lipinski definition) is 1. The largest absolute Gasteiger partial charge is 0.457 e. The second-order valence-electron chi connectivity index (χ2n) is 8.23. The molecule has 1 saturated carbocycles. The number of para-hydroxylation sites is 2. The minimum Gasteiger partial charge on any atom is -0.457 e. The van der Waals surface area contributed by atoms with Crippen LogP contribution in [0, 0.1) is 17.4 Å². The number of ether oxygens (including phenoxy) is 1. The maximum Gasteiger partial charge on any atom is 0.251 e. The Kier molecular flexibility index (Phi) is 5.05. The van der Waals surface area contributed by atoms with Gasteiger partial charge in [-0.15, -0.1) is 0 Å². The fraction of sp³-hybridized carbons (Fsp3) is 0.231. The fourth-order valence-corrected chi connectivity index (χ4v) is 4.76. The minimum atomic E-state index is -0.0872. The molecule has 2 aliphatic rings. The van der Waals surface area contributed by atoms with Crippen molar-refractivity contribution in [3.8, 4) is 28.8 Å². The number of likely N-dealkylation sites (tertiary alicyclic amines) is 1. The van der Waals surface area contributed by atoms with Crippen LogP contribution < -0.4 is 10.1 Å². The molecule has 0 radical (unpaired) electrons. The lowest BCUT2D eigenvalue weighted by Crippen LogP contribution is -2.48. The average molecular weight is 409 g/mol. The summed E-state index contributed by atoms with van der Waals surface area (Å²) in [5, 5.41) is 12.4. The molecule has 3 atom stereocenters. The molecule has 2 bridgehead atoms. The molecule has 1 aliphatic carbocycles. The second-order valence-corrected chi connectivity index (χ2v) is 8.23. The summed E-state index contributed by atoms with van der Waals surface area (Å²) in [7, 11) is 0. The van der Waals surface area contributed by atoms with E-state index in [0.29, 0.717) is 11.5 Å². The molecule has 3 unspecified atom stereocenters. The minimum absolute atomic E-state index is 0.0468. The van der Waals surface area contributed by atoms with Crippen LogP contribution in [0.4, 0.5) is 0 Å². The molecule has 1 N–H and O–H groups in total. The number of hydrogen-bond acceptors (Lipinski definition) is 4. The van der Waals surface area contributed by atoms with Crippen LogP contribution in [-0.2, 0) is 0 Å². The van der Waals surface area contributed by atoms with Crippen molar-refractivity contribution >= 4 is 5.91 Å². The predicted octanol–water partition coefficient (Wildman–Crippen LogP) is 4.82. The van der Waals surface area contributed by atoms with Crippen LogP contribution in [0.1, 0.15) is 23.2 Å². The Bertz CT molecular complexity index is 1120. The number of carbonyl (C=O) groups is 1. The van der Waals surface area contributed by atoms with E-state index in [-0.39, 0.29) is 18.0 Å². The van der Waals surface area contributed by atoms with Crippen molar-refractivity contribution in [3.63, 3.8) is 0 Å². The van der Waals surface area contributed by atoms with Crippen molar-refractivity contribution in [2.24, 2.45) is 5.92 Å². The van der Waals surface area contributed by atoms with E-state index in [9.17, 15) is 10.1 Å². The molecule has 5 rings (SSSR count). The van der Waals surface area contributed by atoms with E-state index in [4.69, 9.17) is 4.74 Å². The Morgan fingerprint density at radius 3 is 2.45 bits per heavy atom. The van der Waals surface area contributed by atoms with E-state index in [1.54, 1.807) is 0 Å². The first kappa shape index (κ1) is 19.2. The number of nitriles is 1. The molecule has 2 fully saturated rings. The lowest BCUT2D eigenvalue weighted by Gasteiger charge is -2.29. The summed E-state index contributed by atoms with van der Waals surface area (Å²) < 4.78 is 6.07. The summed E-state index contributed by atoms with van der Waals surface area (Å²) in [5.74, 6) is 1.97. The van der Waals surface area contributed by atoms with Gasteiger partial charge >= 0.3 is 0 Å². The quantitative estimate of drug-likeness (QED) is 0.614. The van der Waals surface area contributed by atoms with Gasteiger partial charge in [-0.3, -0.25) is 4.79 Å². The van der Waals surface area contributed by atoms with Gasteiger partial charge < -0.3 is 15.0 Å². The van der Waals surface area contributed by atoms with Gasteiger partial charge in [-0.25, -0.2) is 0 Å². The highest BCUT2D eigenvalue weighted by Gasteiger charge is 2.45. The summed E-state index contributed by atoms with van der Waals surface area (Å²) in [6, 6.07) is 25.3. The van der Waals surface area contributed by atoms with E-state index in [1.807, 2.05) is 83.8 Å². The zero-order valence-corrected chi connectivity index (χ0v) is 17.1. The Labute approximate surface area is 181 Å². The first-order chi connectivity index (χ1) is 15.2. The van der Waals surface area contributed by atoms with E-state index < -0.39 is 0 Å². The van der Waals surface area contributed by atoms with Gasteiger partial charge in [0.1, 0.15) is 11.5 Å². The van der Waals surface area contributed by atoms with Crippen LogP contribution in [0.3, 0.4) is 0 Å². The molecule has 3 aromatic carbocycles. The van der Waals surface area contributed by atoms with Gasteiger partial charge in [0.25, 0.3) is 5.91 Å². The van der Waals surface area contributed by atoms with Gasteiger partial charge in [0, 0.05) is 17.7 Å². The van der Waals surface area contributed by atoms with Crippen molar-refractivity contribution < 1.29 is 9.53 Å². The van der Waals surface area contributed by atoms with Gasteiger partial charge in [0.05, 0.1) is 12.1 Å². The molecule has 5 heteroatoms. The van der Waals surface area contributed by atoms with E-state index in [2.05, 4.69) is 11.5 Å². The Hall–Kier alpha value is -3.78. The van der Waals surface area contributed by atoms with Gasteiger partial charge in [0.15, 0.2) is 6.19 Å². The SMILES string of the molecule is N#CN1CC2CC(NC(=O)c3ccc(-c4ccccc4Oc4ccccc4)cc3)C1C2. The molecule has 1 aliphatic heterocycles. The Morgan fingerprint density at radius 1 is 0.968 bits per heavy atom. The zero-order valence-electron chi connectivity index (χ0n) is 17.1. The van der Waals surface area contributed by atoms with Crippen LogP contribution in [0.2, 0.25) is 0 Å². The molecule has 1 heterocycles. The lowest BCUT2D eigenvalue weighted by molar-refractivity contribution is 0.0912. The summed E-state index contributed by atoms with van der Waals surface area (Å²) >= 11 is 0. The fourth-order valence-electron chi connectivity index (χ4n) is 4.76. The topological polar surface area (TPSA) is 65.4 Å². The number of benzene rings is 3. The standard InChI is InChI=1S/C26H23N3O2/c27-17-29-16-18-14-23(24(29)15-18)28-26(30)20-12-10-19(11-13-20)22-8-4-5-9-25(22)31-21-6-2-1-3-7-21/h1-13,18,23-24H,14-16H2,(H,28,30). The maximum atomic E-state index is 12.8. The van der Waals surface area contributed by atoms with Crippen LogP contribution in [0.15, 0.2) is 78.9 Å². The molecule has 0 aromatic heterocycles.